The van der Waals surface area contributed by atoms with Gasteiger partial charge >= 0.3 is 5.97 Å². The lowest BCUT2D eigenvalue weighted by Gasteiger charge is -2.30. The summed E-state index contributed by atoms with van der Waals surface area (Å²) < 4.78 is 5.25. The Morgan fingerprint density at radius 3 is 2.52 bits per heavy atom. The lowest BCUT2D eigenvalue weighted by Crippen LogP contribution is -2.45. The molecule has 1 aliphatic rings. The highest BCUT2D eigenvalue weighted by atomic mass is 16.5. The molecule has 0 spiro atoms. The average molecular weight is 371 g/mol. The number of anilines is 1. The van der Waals surface area contributed by atoms with E-state index in [9.17, 15) is 14.4 Å². The lowest BCUT2D eigenvalue weighted by molar-refractivity contribution is -0.130. The molecule has 0 heterocycles. The van der Waals surface area contributed by atoms with Gasteiger partial charge in [0.25, 0.3) is 5.91 Å². The van der Waals surface area contributed by atoms with Crippen molar-refractivity contribution in [2.75, 3.05) is 5.32 Å². The van der Waals surface area contributed by atoms with Gasteiger partial charge < -0.3 is 15.4 Å². The highest BCUT2D eigenvalue weighted by molar-refractivity contribution is 5.94. The minimum absolute atomic E-state index is 0.128. The van der Waals surface area contributed by atoms with E-state index in [4.69, 9.17) is 10.00 Å². The largest absolute Gasteiger partial charge is 0.449 e. The van der Waals surface area contributed by atoms with Crippen LogP contribution < -0.4 is 10.6 Å². The summed E-state index contributed by atoms with van der Waals surface area (Å²) in [6.07, 6.45) is 3.20. The second-order valence-electron chi connectivity index (χ2n) is 6.88. The van der Waals surface area contributed by atoms with Gasteiger partial charge in [0.1, 0.15) is 6.42 Å². The van der Waals surface area contributed by atoms with Crippen LogP contribution in [0.25, 0.3) is 0 Å². The molecule has 2 rings (SSSR count). The van der Waals surface area contributed by atoms with Crippen molar-refractivity contribution in [1.29, 1.82) is 5.26 Å². The summed E-state index contributed by atoms with van der Waals surface area (Å²) >= 11 is 0. The van der Waals surface area contributed by atoms with Crippen LogP contribution in [-0.4, -0.2) is 29.9 Å². The van der Waals surface area contributed by atoms with Gasteiger partial charge in [0, 0.05) is 11.7 Å². The fourth-order valence-corrected chi connectivity index (χ4v) is 3.08. The summed E-state index contributed by atoms with van der Waals surface area (Å²) in [7, 11) is 0. The van der Waals surface area contributed by atoms with E-state index in [1.807, 2.05) is 0 Å². The van der Waals surface area contributed by atoms with Gasteiger partial charge in [0.2, 0.25) is 5.91 Å². The van der Waals surface area contributed by atoms with Crippen LogP contribution in [0.3, 0.4) is 0 Å². The number of nitriles is 1. The number of rotatable bonds is 6. The minimum atomic E-state index is -0.887. The Morgan fingerprint density at radius 2 is 1.89 bits per heavy atom. The Hall–Kier alpha value is -2.88. The smallest absolute Gasteiger partial charge is 0.338 e. The standard InChI is InChI=1S/C20H25N3O4/c1-13-5-3-4-6-17(13)23-19(25)14(2)27-20(26)15-7-9-16(10-8-15)22-18(24)11-12-21/h7-10,13-14,17H,3-6,11H2,1-2H3,(H,22,24)(H,23,25). The van der Waals surface area contributed by atoms with Crippen molar-refractivity contribution in [1.82, 2.24) is 5.32 Å². The molecule has 7 nitrogen and oxygen atoms in total. The third-order valence-corrected chi connectivity index (χ3v) is 4.74. The summed E-state index contributed by atoms with van der Waals surface area (Å²) in [5.74, 6) is -0.892. The molecule has 1 aromatic rings. The van der Waals surface area contributed by atoms with Crippen molar-refractivity contribution < 1.29 is 19.1 Å². The van der Waals surface area contributed by atoms with Crippen molar-refractivity contribution in [3.63, 3.8) is 0 Å². The first-order chi connectivity index (χ1) is 12.9. The Bertz CT molecular complexity index is 724. The SMILES string of the molecule is CC(OC(=O)c1ccc(NC(=O)CC#N)cc1)C(=O)NC1CCCCC1C. The van der Waals surface area contributed by atoms with Gasteiger partial charge in [0.15, 0.2) is 6.10 Å². The van der Waals surface area contributed by atoms with E-state index in [0.29, 0.717) is 11.6 Å². The summed E-state index contributed by atoms with van der Waals surface area (Å²) in [5.41, 5.74) is 0.753. The van der Waals surface area contributed by atoms with Crippen molar-refractivity contribution in [3.05, 3.63) is 29.8 Å². The predicted octanol–water partition coefficient (Wildman–Crippen LogP) is 2.78. The molecule has 1 aliphatic carbocycles. The lowest BCUT2D eigenvalue weighted by atomic mass is 9.86. The van der Waals surface area contributed by atoms with Crippen molar-refractivity contribution in [2.24, 2.45) is 5.92 Å². The maximum absolute atomic E-state index is 12.3. The zero-order valence-electron chi connectivity index (χ0n) is 15.7. The molecule has 0 saturated heterocycles. The second-order valence-corrected chi connectivity index (χ2v) is 6.88. The molecule has 1 fully saturated rings. The topological polar surface area (TPSA) is 108 Å². The number of hydrogen-bond donors (Lipinski definition) is 2. The molecule has 0 radical (unpaired) electrons. The summed E-state index contributed by atoms with van der Waals surface area (Å²) in [5, 5.41) is 14.0. The van der Waals surface area contributed by atoms with E-state index in [-0.39, 0.29) is 23.9 Å². The Morgan fingerprint density at radius 1 is 1.22 bits per heavy atom. The van der Waals surface area contributed by atoms with Gasteiger partial charge in [-0.15, -0.1) is 0 Å². The van der Waals surface area contributed by atoms with E-state index < -0.39 is 18.0 Å². The minimum Gasteiger partial charge on any atom is -0.449 e. The third-order valence-electron chi connectivity index (χ3n) is 4.74. The number of benzene rings is 1. The molecule has 3 atom stereocenters. The first-order valence-corrected chi connectivity index (χ1v) is 9.19. The van der Waals surface area contributed by atoms with Crippen LogP contribution in [0.4, 0.5) is 5.69 Å². The van der Waals surface area contributed by atoms with Crippen molar-refractivity contribution in [2.45, 2.75) is 58.1 Å². The molecule has 144 valence electrons. The van der Waals surface area contributed by atoms with Crippen LogP contribution >= 0.6 is 0 Å². The normalized spacial score (nSPS) is 20.0. The second kappa shape index (κ2) is 9.72. The van der Waals surface area contributed by atoms with Crippen molar-refractivity contribution in [3.8, 4) is 6.07 Å². The summed E-state index contributed by atoms with van der Waals surface area (Å²) in [6.45, 7) is 3.68. The van der Waals surface area contributed by atoms with Gasteiger partial charge in [0.05, 0.1) is 11.6 Å². The molecule has 0 aromatic heterocycles. The number of nitrogens with one attached hydrogen (secondary N) is 2. The van der Waals surface area contributed by atoms with Gasteiger partial charge in [-0.2, -0.15) is 5.26 Å². The van der Waals surface area contributed by atoms with Crippen molar-refractivity contribution >= 4 is 23.5 Å². The van der Waals surface area contributed by atoms with E-state index in [1.165, 1.54) is 18.6 Å². The molecule has 27 heavy (non-hydrogen) atoms. The maximum atomic E-state index is 12.3. The fraction of sp³-hybridized carbons (Fsp3) is 0.500. The van der Waals surface area contributed by atoms with Crippen LogP contribution in [0, 0.1) is 17.2 Å². The number of carbonyl (C=O) groups excluding carboxylic acids is 3. The van der Waals surface area contributed by atoms with Gasteiger partial charge in [-0.1, -0.05) is 19.8 Å². The summed E-state index contributed by atoms with van der Waals surface area (Å²) in [4.78, 5) is 35.9. The van der Waals surface area contributed by atoms with E-state index in [0.717, 1.165) is 19.3 Å². The van der Waals surface area contributed by atoms with E-state index in [2.05, 4.69) is 17.6 Å². The van der Waals surface area contributed by atoms with Crippen LogP contribution in [0.1, 0.15) is 56.3 Å². The molecule has 1 aromatic carbocycles. The molecular formula is C20H25N3O4. The Balaban J connectivity index is 1.87. The molecule has 2 amide bonds. The maximum Gasteiger partial charge on any atom is 0.338 e. The van der Waals surface area contributed by atoms with Crippen LogP contribution in [-0.2, 0) is 14.3 Å². The van der Waals surface area contributed by atoms with Gasteiger partial charge in [-0.3, -0.25) is 9.59 Å². The summed E-state index contributed by atoms with van der Waals surface area (Å²) in [6, 6.07) is 7.97. The van der Waals surface area contributed by atoms with Gasteiger partial charge in [-0.05, 0) is 49.9 Å². The van der Waals surface area contributed by atoms with E-state index >= 15 is 0 Å². The zero-order chi connectivity index (χ0) is 19.8. The number of ether oxygens (including phenoxy) is 1. The molecule has 3 unspecified atom stereocenters. The monoisotopic (exact) mass is 371 g/mol. The number of hydrogen-bond acceptors (Lipinski definition) is 5. The number of amides is 2. The zero-order valence-corrected chi connectivity index (χ0v) is 15.7. The van der Waals surface area contributed by atoms with Crippen LogP contribution in [0.2, 0.25) is 0 Å². The van der Waals surface area contributed by atoms with Gasteiger partial charge in [-0.25, -0.2) is 4.79 Å². The molecular weight excluding hydrogens is 346 g/mol. The highest BCUT2D eigenvalue weighted by Gasteiger charge is 2.26. The Labute approximate surface area is 159 Å². The number of carbonyl (C=O) groups is 3. The number of nitrogens with zero attached hydrogens (tertiary/aromatic N) is 1. The fourth-order valence-electron chi connectivity index (χ4n) is 3.08. The Kier molecular flexibility index (Phi) is 7.35. The van der Waals surface area contributed by atoms with Crippen LogP contribution in [0.15, 0.2) is 24.3 Å². The first kappa shape index (κ1) is 20.4. The quantitative estimate of drug-likeness (QED) is 0.748. The highest BCUT2D eigenvalue weighted by Crippen LogP contribution is 2.23. The first-order valence-electron chi connectivity index (χ1n) is 9.19. The average Bonchev–Trinajstić information content (AvgIpc) is 2.64. The molecule has 0 aliphatic heterocycles. The number of esters is 1. The van der Waals surface area contributed by atoms with E-state index in [1.54, 1.807) is 25.1 Å². The molecule has 1 saturated carbocycles. The van der Waals surface area contributed by atoms with Crippen LogP contribution in [0.5, 0.6) is 0 Å². The third kappa shape index (κ3) is 6.10. The predicted molar refractivity (Wildman–Crippen MR) is 99.7 cm³/mol. The molecule has 7 heteroatoms. The molecule has 2 N–H and O–H groups in total. The molecule has 0 bridgehead atoms.